The van der Waals surface area contributed by atoms with Crippen LogP contribution in [0.2, 0.25) is 0 Å². The smallest absolute Gasteiger partial charge is 0.157 e. The van der Waals surface area contributed by atoms with E-state index in [4.69, 9.17) is 0 Å². The van der Waals surface area contributed by atoms with Crippen LogP contribution >= 0.6 is 0 Å². The summed E-state index contributed by atoms with van der Waals surface area (Å²) in [6, 6.07) is 10.3. The lowest BCUT2D eigenvalue weighted by atomic mass is 10.2. The van der Waals surface area contributed by atoms with Crippen molar-refractivity contribution in [2.24, 2.45) is 0 Å². The molecule has 106 valence electrons. The minimum absolute atomic E-state index is 0.121. The Morgan fingerprint density at radius 2 is 2.00 bits per heavy atom. The van der Waals surface area contributed by atoms with E-state index in [-0.39, 0.29) is 11.5 Å². The largest absolute Gasteiger partial charge is 0.504 e. The van der Waals surface area contributed by atoms with Gasteiger partial charge in [0.15, 0.2) is 17.3 Å². The molecule has 0 radical (unpaired) electrons. The number of phenols is 2. The number of hydrogen-bond acceptors (Lipinski definition) is 5. The van der Waals surface area contributed by atoms with Crippen molar-refractivity contribution in [1.29, 1.82) is 0 Å². The van der Waals surface area contributed by atoms with Crippen LogP contribution in [0, 0.1) is 0 Å². The van der Waals surface area contributed by atoms with Crippen molar-refractivity contribution in [3.05, 3.63) is 60.6 Å². The molecule has 0 aliphatic rings. The first-order valence-electron chi connectivity index (χ1n) is 6.43. The van der Waals surface area contributed by atoms with Gasteiger partial charge in [-0.3, -0.25) is 0 Å². The van der Waals surface area contributed by atoms with Crippen molar-refractivity contribution in [3.8, 4) is 17.3 Å². The molecule has 3 N–H and O–H groups in total. The highest BCUT2D eigenvalue weighted by Crippen LogP contribution is 2.25. The van der Waals surface area contributed by atoms with Crippen LogP contribution in [0.3, 0.4) is 0 Å². The van der Waals surface area contributed by atoms with Gasteiger partial charge in [-0.15, -0.1) is 0 Å². The van der Waals surface area contributed by atoms with Gasteiger partial charge < -0.3 is 15.5 Å². The lowest BCUT2D eigenvalue weighted by Crippen LogP contribution is -2.02. The first kappa shape index (κ1) is 13.0. The number of pyridine rings is 1. The molecule has 0 amide bonds. The molecule has 6 nitrogen and oxygen atoms in total. The highest BCUT2D eigenvalue weighted by molar-refractivity contribution is 5.46. The fraction of sp³-hybridized carbons (Fsp3) is 0.0667. The summed E-state index contributed by atoms with van der Waals surface area (Å²) in [5.41, 5.74) is 1.72. The van der Waals surface area contributed by atoms with E-state index < -0.39 is 0 Å². The number of hydrogen-bond donors (Lipinski definition) is 3. The molecule has 0 saturated carbocycles. The quantitative estimate of drug-likeness (QED) is 0.639. The molecular weight excluding hydrogens is 268 g/mol. The average Bonchev–Trinajstić information content (AvgIpc) is 3.03. The lowest BCUT2D eigenvalue weighted by Gasteiger charge is -2.08. The Balaban J connectivity index is 1.66. The topological polar surface area (TPSA) is 83.2 Å². The summed E-state index contributed by atoms with van der Waals surface area (Å²) in [4.78, 5) is 4.31. The van der Waals surface area contributed by atoms with E-state index in [9.17, 15) is 10.2 Å². The number of anilines is 1. The maximum atomic E-state index is 9.44. The highest BCUT2D eigenvalue weighted by Gasteiger charge is 2.02. The number of aromatic nitrogens is 3. The third-order valence-electron chi connectivity index (χ3n) is 3.02. The van der Waals surface area contributed by atoms with Crippen molar-refractivity contribution < 1.29 is 10.2 Å². The van der Waals surface area contributed by atoms with E-state index >= 15 is 0 Å². The zero-order valence-corrected chi connectivity index (χ0v) is 11.1. The first-order valence-corrected chi connectivity index (χ1v) is 6.43. The van der Waals surface area contributed by atoms with Gasteiger partial charge in [0.1, 0.15) is 0 Å². The fourth-order valence-corrected chi connectivity index (χ4v) is 1.91. The Morgan fingerprint density at radius 3 is 2.67 bits per heavy atom. The van der Waals surface area contributed by atoms with Crippen LogP contribution in [0.1, 0.15) is 5.56 Å². The van der Waals surface area contributed by atoms with Gasteiger partial charge in [0, 0.05) is 18.9 Å². The predicted molar refractivity (Wildman–Crippen MR) is 78.5 cm³/mol. The monoisotopic (exact) mass is 282 g/mol. The Kier molecular flexibility index (Phi) is 3.42. The van der Waals surface area contributed by atoms with Gasteiger partial charge in [0.2, 0.25) is 0 Å². The molecule has 6 heteroatoms. The summed E-state index contributed by atoms with van der Waals surface area (Å²) >= 11 is 0. The molecule has 0 saturated heterocycles. The van der Waals surface area contributed by atoms with E-state index in [1.165, 1.54) is 12.1 Å². The minimum Gasteiger partial charge on any atom is -0.504 e. The molecular formula is C15H14N4O2. The number of aromatic hydroxyl groups is 2. The number of nitrogens with zero attached hydrogens (tertiary/aromatic N) is 3. The molecule has 0 aliphatic heterocycles. The van der Waals surface area contributed by atoms with Crippen LogP contribution in [-0.2, 0) is 6.54 Å². The minimum atomic E-state index is -0.124. The lowest BCUT2D eigenvalue weighted by molar-refractivity contribution is 0.403. The second-order valence-electron chi connectivity index (χ2n) is 4.53. The van der Waals surface area contributed by atoms with Crippen LogP contribution in [0.15, 0.2) is 55.0 Å². The molecule has 0 aliphatic carbocycles. The van der Waals surface area contributed by atoms with E-state index in [0.717, 1.165) is 17.1 Å². The SMILES string of the molecule is Oc1ccc(CNc2ccc(-n3cccn3)nc2)cc1O. The predicted octanol–water partition coefficient (Wildman–Crippen LogP) is 2.29. The summed E-state index contributed by atoms with van der Waals surface area (Å²) in [5, 5.41) is 26.0. The molecule has 2 aromatic heterocycles. The van der Waals surface area contributed by atoms with Crippen molar-refractivity contribution >= 4 is 5.69 Å². The number of nitrogens with one attached hydrogen (secondary N) is 1. The van der Waals surface area contributed by atoms with E-state index in [2.05, 4.69) is 15.4 Å². The molecule has 0 bridgehead atoms. The van der Waals surface area contributed by atoms with Gasteiger partial charge in [0.05, 0.1) is 11.9 Å². The Bertz CT molecular complexity index is 724. The third kappa shape index (κ3) is 2.94. The molecule has 3 aromatic rings. The van der Waals surface area contributed by atoms with Crippen molar-refractivity contribution in [1.82, 2.24) is 14.8 Å². The zero-order valence-electron chi connectivity index (χ0n) is 11.1. The highest BCUT2D eigenvalue weighted by atomic mass is 16.3. The maximum Gasteiger partial charge on any atom is 0.157 e. The van der Waals surface area contributed by atoms with Gasteiger partial charge in [-0.2, -0.15) is 5.10 Å². The van der Waals surface area contributed by atoms with Crippen molar-refractivity contribution in [2.45, 2.75) is 6.54 Å². The summed E-state index contributed by atoms with van der Waals surface area (Å²) in [6.45, 7) is 0.524. The van der Waals surface area contributed by atoms with Crippen LogP contribution < -0.4 is 5.32 Å². The average molecular weight is 282 g/mol. The molecule has 1 aromatic carbocycles. The standard InChI is InChI=1S/C15H14N4O2/c20-13-4-2-11(8-14(13)21)9-16-12-3-5-15(17-10-12)19-7-1-6-18-19/h1-8,10,16,20-21H,9H2. The van der Waals surface area contributed by atoms with Gasteiger partial charge in [-0.25, -0.2) is 9.67 Å². The Hall–Kier alpha value is -3.02. The number of benzene rings is 1. The van der Waals surface area contributed by atoms with Crippen molar-refractivity contribution in [2.75, 3.05) is 5.32 Å². The van der Waals surface area contributed by atoms with Gasteiger partial charge in [-0.1, -0.05) is 6.07 Å². The summed E-state index contributed by atoms with van der Waals surface area (Å²) in [6.07, 6.45) is 5.25. The molecule has 0 fully saturated rings. The zero-order chi connectivity index (χ0) is 14.7. The van der Waals surface area contributed by atoms with Gasteiger partial charge in [-0.05, 0) is 35.9 Å². The van der Waals surface area contributed by atoms with Crippen molar-refractivity contribution in [3.63, 3.8) is 0 Å². The first-order chi connectivity index (χ1) is 10.2. The van der Waals surface area contributed by atoms with E-state index in [0.29, 0.717) is 6.54 Å². The van der Waals surface area contributed by atoms with Gasteiger partial charge in [0.25, 0.3) is 0 Å². The Morgan fingerprint density at radius 1 is 1.10 bits per heavy atom. The summed E-state index contributed by atoms with van der Waals surface area (Å²) in [7, 11) is 0. The van der Waals surface area contributed by atoms with E-state index in [1.807, 2.05) is 24.4 Å². The number of phenolic OH excluding ortho intramolecular Hbond substituents is 2. The normalized spacial score (nSPS) is 10.5. The maximum absolute atomic E-state index is 9.44. The van der Waals surface area contributed by atoms with Crippen LogP contribution in [0.25, 0.3) is 5.82 Å². The van der Waals surface area contributed by atoms with Crippen LogP contribution in [-0.4, -0.2) is 25.0 Å². The molecule has 3 rings (SSSR count). The van der Waals surface area contributed by atoms with Crippen LogP contribution in [0.5, 0.6) is 11.5 Å². The molecule has 0 spiro atoms. The van der Waals surface area contributed by atoms with Gasteiger partial charge >= 0.3 is 0 Å². The second kappa shape index (κ2) is 5.54. The van der Waals surface area contributed by atoms with E-state index in [1.54, 1.807) is 23.1 Å². The molecule has 0 unspecified atom stereocenters. The number of rotatable bonds is 4. The molecule has 2 heterocycles. The Labute approximate surface area is 121 Å². The third-order valence-corrected chi connectivity index (χ3v) is 3.02. The fourth-order valence-electron chi connectivity index (χ4n) is 1.91. The van der Waals surface area contributed by atoms with Crippen LogP contribution in [0.4, 0.5) is 5.69 Å². The summed E-state index contributed by atoms with van der Waals surface area (Å²) < 4.78 is 1.68. The second-order valence-corrected chi connectivity index (χ2v) is 4.53. The molecule has 0 atom stereocenters. The molecule has 21 heavy (non-hydrogen) atoms. The summed E-state index contributed by atoms with van der Waals surface area (Å²) in [5.74, 6) is 0.498.